The van der Waals surface area contributed by atoms with Crippen molar-refractivity contribution in [1.82, 2.24) is 9.97 Å². The minimum Gasteiger partial charge on any atom is -0.328 e. The van der Waals surface area contributed by atoms with Crippen molar-refractivity contribution in [2.24, 2.45) is 0 Å². The summed E-state index contributed by atoms with van der Waals surface area (Å²) in [6.45, 7) is 0. The topological polar surface area (TPSA) is 28.7 Å². The molecule has 1 aromatic carbocycles. The lowest BCUT2D eigenvalue weighted by Crippen LogP contribution is -2.08. The first kappa shape index (κ1) is 13.6. The Balaban J connectivity index is 2.57. The fourth-order valence-corrected chi connectivity index (χ4v) is 1.64. The van der Waals surface area contributed by atoms with Crippen molar-refractivity contribution in [3.05, 3.63) is 46.4 Å². The van der Waals surface area contributed by atoms with Crippen molar-refractivity contribution in [3.8, 4) is 11.3 Å². The smallest absolute Gasteiger partial charge is 0.328 e. The van der Waals surface area contributed by atoms with Gasteiger partial charge in [-0.1, -0.05) is 6.07 Å². The number of nitrogens with one attached hydrogen (secondary N) is 1. The molecule has 2 aromatic rings. The minimum atomic E-state index is -4.80. The van der Waals surface area contributed by atoms with Crippen LogP contribution in [0.25, 0.3) is 11.3 Å². The second kappa shape index (κ2) is 4.69. The molecule has 1 heterocycles. The zero-order valence-corrected chi connectivity index (χ0v) is 9.87. The fraction of sp³-hybridized carbons (Fsp3) is 0.0909. The molecule has 1 aromatic heterocycles. The SMILES string of the molecule is Fc1cc(-c2[nH]c(=S)ncc2F)ccc1C(F)(F)F. The molecule has 0 radical (unpaired) electrons. The first-order valence-corrected chi connectivity index (χ1v) is 5.32. The van der Waals surface area contributed by atoms with Crippen LogP contribution in [0, 0.1) is 16.4 Å². The standard InChI is InChI=1S/C11H5F5N2S/c12-7-3-5(1-2-6(7)11(14,15)16)9-8(13)4-17-10(19)18-9/h1-4H,(H,17,18,19). The van der Waals surface area contributed by atoms with Crippen molar-refractivity contribution < 1.29 is 22.0 Å². The van der Waals surface area contributed by atoms with Crippen LogP contribution in [-0.4, -0.2) is 9.97 Å². The van der Waals surface area contributed by atoms with Gasteiger partial charge in [0.2, 0.25) is 0 Å². The highest BCUT2D eigenvalue weighted by molar-refractivity contribution is 7.71. The molecule has 100 valence electrons. The van der Waals surface area contributed by atoms with Gasteiger partial charge in [0.1, 0.15) is 5.82 Å². The molecule has 0 bridgehead atoms. The average Bonchev–Trinajstić information content (AvgIpc) is 2.30. The number of aromatic amines is 1. The van der Waals surface area contributed by atoms with Crippen LogP contribution in [0.3, 0.4) is 0 Å². The van der Waals surface area contributed by atoms with E-state index >= 15 is 0 Å². The summed E-state index contributed by atoms with van der Waals surface area (Å²) >= 11 is 4.67. The Labute approximate surface area is 108 Å². The maximum atomic E-state index is 13.4. The molecule has 0 spiro atoms. The van der Waals surface area contributed by atoms with E-state index in [2.05, 4.69) is 22.2 Å². The van der Waals surface area contributed by atoms with Crippen LogP contribution < -0.4 is 0 Å². The van der Waals surface area contributed by atoms with Gasteiger partial charge in [-0.15, -0.1) is 0 Å². The van der Waals surface area contributed by atoms with Crippen molar-refractivity contribution in [3.63, 3.8) is 0 Å². The third-order valence-corrected chi connectivity index (χ3v) is 2.54. The third-order valence-electron chi connectivity index (χ3n) is 2.33. The molecular formula is C11H5F5N2S. The first-order valence-electron chi connectivity index (χ1n) is 4.91. The quantitative estimate of drug-likeness (QED) is 0.633. The van der Waals surface area contributed by atoms with Crippen molar-refractivity contribution in [2.75, 3.05) is 0 Å². The maximum Gasteiger partial charge on any atom is 0.419 e. The summed E-state index contributed by atoms with van der Waals surface area (Å²) in [6.07, 6.45) is -3.99. The molecule has 0 unspecified atom stereocenters. The highest BCUT2D eigenvalue weighted by Gasteiger charge is 2.34. The van der Waals surface area contributed by atoms with Gasteiger partial charge in [-0.3, -0.25) is 0 Å². The number of aromatic nitrogens is 2. The summed E-state index contributed by atoms with van der Waals surface area (Å²) in [4.78, 5) is 5.81. The molecular weight excluding hydrogens is 287 g/mol. The van der Waals surface area contributed by atoms with Crippen LogP contribution >= 0.6 is 12.2 Å². The third kappa shape index (κ3) is 2.78. The Morgan fingerprint density at radius 3 is 2.37 bits per heavy atom. The van der Waals surface area contributed by atoms with Crippen LogP contribution in [0.2, 0.25) is 0 Å². The number of benzene rings is 1. The van der Waals surface area contributed by atoms with Gasteiger partial charge < -0.3 is 4.98 Å². The molecule has 8 heteroatoms. The van der Waals surface area contributed by atoms with Crippen LogP contribution in [-0.2, 0) is 6.18 Å². The van der Waals surface area contributed by atoms with E-state index in [1.165, 1.54) is 0 Å². The van der Waals surface area contributed by atoms with Gasteiger partial charge in [-0.2, -0.15) is 13.2 Å². The molecule has 0 aliphatic rings. The fourth-order valence-electron chi connectivity index (χ4n) is 1.49. The molecule has 0 amide bonds. The summed E-state index contributed by atoms with van der Waals surface area (Å²) in [5, 5.41) is 0. The zero-order chi connectivity index (χ0) is 14.2. The van der Waals surface area contributed by atoms with E-state index in [9.17, 15) is 22.0 Å². The van der Waals surface area contributed by atoms with E-state index in [4.69, 9.17) is 0 Å². The van der Waals surface area contributed by atoms with Crippen LogP contribution in [0.4, 0.5) is 22.0 Å². The van der Waals surface area contributed by atoms with Crippen LogP contribution in [0.5, 0.6) is 0 Å². The molecule has 0 atom stereocenters. The number of nitrogens with zero attached hydrogens (tertiary/aromatic N) is 1. The lowest BCUT2D eigenvalue weighted by Gasteiger charge is -2.09. The minimum absolute atomic E-state index is 0.0586. The average molecular weight is 292 g/mol. The van der Waals surface area contributed by atoms with E-state index < -0.39 is 23.4 Å². The number of H-pyrrole nitrogens is 1. The summed E-state index contributed by atoms with van der Waals surface area (Å²) in [5.41, 5.74) is -1.71. The number of hydrogen-bond acceptors (Lipinski definition) is 2. The van der Waals surface area contributed by atoms with E-state index in [0.717, 1.165) is 12.3 Å². The molecule has 1 N–H and O–H groups in total. The number of halogens is 5. The van der Waals surface area contributed by atoms with E-state index in [1.54, 1.807) is 0 Å². The second-order valence-corrected chi connectivity index (χ2v) is 3.99. The van der Waals surface area contributed by atoms with Gasteiger partial charge in [0.25, 0.3) is 0 Å². The molecule has 0 aliphatic carbocycles. The summed E-state index contributed by atoms with van der Waals surface area (Å²) in [5.74, 6) is -2.33. The molecule has 19 heavy (non-hydrogen) atoms. The lowest BCUT2D eigenvalue weighted by molar-refractivity contribution is -0.139. The predicted molar refractivity (Wildman–Crippen MR) is 59.8 cm³/mol. The molecule has 2 nitrogen and oxygen atoms in total. The van der Waals surface area contributed by atoms with Crippen molar-refractivity contribution >= 4 is 12.2 Å². The summed E-state index contributed by atoms with van der Waals surface area (Å²) in [6, 6.07) is 2.09. The largest absolute Gasteiger partial charge is 0.419 e. The number of alkyl halides is 3. The lowest BCUT2D eigenvalue weighted by atomic mass is 10.1. The van der Waals surface area contributed by atoms with Crippen molar-refractivity contribution in [1.29, 1.82) is 0 Å². The number of rotatable bonds is 1. The zero-order valence-electron chi connectivity index (χ0n) is 9.05. The van der Waals surface area contributed by atoms with Gasteiger partial charge in [-0.25, -0.2) is 13.8 Å². The highest BCUT2D eigenvalue weighted by atomic mass is 32.1. The van der Waals surface area contributed by atoms with E-state index in [0.29, 0.717) is 12.1 Å². The predicted octanol–water partition coefficient (Wildman–Crippen LogP) is 4.10. The highest BCUT2D eigenvalue weighted by Crippen LogP contribution is 2.33. The number of hydrogen-bond donors (Lipinski definition) is 1. The van der Waals surface area contributed by atoms with Crippen LogP contribution in [0.15, 0.2) is 24.4 Å². The Morgan fingerprint density at radius 1 is 1.11 bits per heavy atom. The molecule has 0 saturated carbocycles. The maximum absolute atomic E-state index is 13.4. The van der Waals surface area contributed by atoms with Crippen molar-refractivity contribution in [2.45, 2.75) is 6.18 Å². The normalized spacial score (nSPS) is 11.6. The second-order valence-electron chi connectivity index (χ2n) is 3.60. The Bertz CT molecular complexity index is 678. The molecule has 0 aliphatic heterocycles. The molecule has 2 rings (SSSR count). The van der Waals surface area contributed by atoms with E-state index in [-0.39, 0.29) is 16.0 Å². The Hall–Kier alpha value is -1.83. The molecule has 0 saturated heterocycles. The van der Waals surface area contributed by atoms with Gasteiger partial charge in [-0.05, 0) is 24.4 Å². The monoisotopic (exact) mass is 292 g/mol. The van der Waals surface area contributed by atoms with Gasteiger partial charge in [0.05, 0.1) is 17.5 Å². The Kier molecular flexibility index (Phi) is 3.36. The van der Waals surface area contributed by atoms with E-state index in [1.807, 2.05) is 0 Å². The Morgan fingerprint density at radius 2 is 1.79 bits per heavy atom. The van der Waals surface area contributed by atoms with Crippen LogP contribution in [0.1, 0.15) is 5.56 Å². The molecule has 0 fully saturated rings. The van der Waals surface area contributed by atoms with Gasteiger partial charge in [0, 0.05) is 5.56 Å². The summed E-state index contributed by atoms with van der Waals surface area (Å²) < 4.78 is 63.9. The van der Waals surface area contributed by atoms with Gasteiger partial charge >= 0.3 is 6.18 Å². The first-order chi connectivity index (χ1) is 8.79. The van der Waals surface area contributed by atoms with Gasteiger partial charge in [0.15, 0.2) is 10.6 Å². The summed E-state index contributed by atoms with van der Waals surface area (Å²) in [7, 11) is 0.